The van der Waals surface area contributed by atoms with Crippen LogP contribution >= 0.6 is 11.6 Å². The highest BCUT2D eigenvalue weighted by Crippen LogP contribution is 2.37. The van der Waals surface area contributed by atoms with Gasteiger partial charge in [-0.25, -0.2) is 4.79 Å². The van der Waals surface area contributed by atoms with Gasteiger partial charge in [-0.05, 0) is 25.0 Å². The molecule has 1 saturated heterocycles. The summed E-state index contributed by atoms with van der Waals surface area (Å²) in [6.45, 7) is 0.429. The second-order valence-corrected chi connectivity index (χ2v) is 6.51. The highest BCUT2D eigenvalue weighted by molar-refractivity contribution is 6.33. The number of halogens is 1. The van der Waals surface area contributed by atoms with Crippen LogP contribution in [-0.4, -0.2) is 36.5 Å². The largest absolute Gasteiger partial charge is 0.375 e. The normalized spacial score (nSPS) is 25.5. The summed E-state index contributed by atoms with van der Waals surface area (Å²) < 4.78 is 0. The van der Waals surface area contributed by atoms with Crippen LogP contribution in [0.25, 0.3) is 0 Å². The van der Waals surface area contributed by atoms with Crippen LogP contribution in [0.4, 0.5) is 10.5 Å². The number of urea groups is 1. The zero-order chi connectivity index (χ0) is 17.2. The first kappa shape index (κ1) is 16.6. The molecule has 1 heterocycles. The van der Waals surface area contributed by atoms with Gasteiger partial charge in [-0.2, -0.15) is 0 Å². The first-order valence-corrected chi connectivity index (χ1v) is 8.28. The zero-order valence-corrected chi connectivity index (χ0v) is 13.8. The van der Waals surface area contributed by atoms with Crippen LogP contribution in [0.1, 0.15) is 19.3 Å². The summed E-state index contributed by atoms with van der Waals surface area (Å²) in [6.07, 6.45) is 2.22. The summed E-state index contributed by atoms with van der Waals surface area (Å²) in [5, 5.41) is 11.4. The van der Waals surface area contributed by atoms with Crippen LogP contribution in [0.2, 0.25) is 5.02 Å². The Kier molecular flexibility index (Phi) is 4.62. The summed E-state index contributed by atoms with van der Waals surface area (Å²) in [5.41, 5.74) is -0.186. The number of nitrogens with one attached hydrogen (secondary N) is 4. The SMILES string of the molecule is O=C(CNc1ccccc1Cl)NC[C@H]1CCC[C@@]12NC(=O)NC2=O. The number of amides is 4. The van der Waals surface area contributed by atoms with E-state index in [1.807, 2.05) is 12.1 Å². The second-order valence-electron chi connectivity index (χ2n) is 6.11. The molecule has 1 aliphatic carbocycles. The van der Waals surface area contributed by atoms with Crippen LogP contribution in [0.3, 0.4) is 0 Å². The number of benzene rings is 1. The van der Waals surface area contributed by atoms with Crippen LogP contribution in [0.5, 0.6) is 0 Å². The molecule has 1 aromatic carbocycles. The molecule has 0 radical (unpaired) electrons. The van der Waals surface area contributed by atoms with E-state index in [1.54, 1.807) is 12.1 Å². The number of rotatable bonds is 5. The van der Waals surface area contributed by atoms with Gasteiger partial charge in [0.1, 0.15) is 5.54 Å². The molecule has 7 nitrogen and oxygen atoms in total. The van der Waals surface area contributed by atoms with Crippen molar-refractivity contribution >= 4 is 35.1 Å². The Balaban J connectivity index is 1.52. The fourth-order valence-electron chi connectivity index (χ4n) is 3.40. The molecule has 24 heavy (non-hydrogen) atoms. The van der Waals surface area contributed by atoms with Gasteiger partial charge in [0.25, 0.3) is 5.91 Å². The van der Waals surface area contributed by atoms with Crippen molar-refractivity contribution in [1.82, 2.24) is 16.0 Å². The Hall–Kier alpha value is -2.28. The molecule has 2 aliphatic rings. The van der Waals surface area contributed by atoms with Gasteiger partial charge in [-0.1, -0.05) is 30.2 Å². The van der Waals surface area contributed by atoms with Crippen molar-refractivity contribution in [2.45, 2.75) is 24.8 Å². The zero-order valence-electron chi connectivity index (χ0n) is 13.0. The maximum Gasteiger partial charge on any atom is 0.322 e. The van der Waals surface area contributed by atoms with Gasteiger partial charge in [0.2, 0.25) is 5.91 Å². The summed E-state index contributed by atoms with van der Waals surface area (Å²) >= 11 is 6.02. The van der Waals surface area contributed by atoms with Crippen molar-refractivity contribution in [2.24, 2.45) is 5.92 Å². The minimum Gasteiger partial charge on any atom is -0.375 e. The Morgan fingerprint density at radius 1 is 1.33 bits per heavy atom. The first-order valence-electron chi connectivity index (χ1n) is 7.90. The second kappa shape index (κ2) is 6.68. The molecule has 0 aromatic heterocycles. The fourth-order valence-corrected chi connectivity index (χ4v) is 3.61. The number of hydrogen-bond donors (Lipinski definition) is 4. The minimum atomic E-state index is -0.874. The van der Waals surface area contributed by atoms with E-state index >= 15 is 0 Å². The average Bonchev–Trinajstić information content (AvgIpc) is 3.08. The lowest BCUT2D eigenvalue weighted by Crippen LogP contribution is -2.53. The number of hydrogen-bond acceptors (Lipinski definition) is 4. The smallest absolute Gasteiger partial charge is 0.322 e. The van der Waals surface area contributed by atoms with Gasteiger partial charge in [0.05, 0.1) is 17.3 Å². The highest BCUT2D eigenvalue weighted by Gasteiger charge is 2.54. The van der Waals surface area contributed by atoms with E-state index in [9.17, 15) is 14.4 Å². The lowest BCUT2D eigenvalue weighted by Gasteiger charge is -2.28. The van der Waals surface area contributed by atoms with Crippen molar-refractivity contribution in [3.63, 3.8) is 0 Å². The van der Waals surface area contributed by atoms with Crippen molar-refractivity contribution in [3.05, 3.63) is 29.3 Å². The molecule has 4 N–H and O–H groups in total. The Labute approximate surface area is 144 Å². The van der Waals surface area contributed by atoms with E-state index in [4.69, 9.17) is 11.6 Å². The molecule has 1 saturated carbocycles. The lowest BCUT2D eigenvalue weighted by atomic mass is 9.87. The topological polar surface area (TPSA) is 99.3 Å². The summed E-state index contributed by atoms with van der Waals surface area (Å²) in [4.78, 5) is 35.5. The van der Waals surface area contributed by atoms with Crippen molar-refractivity contribution in [3.8, 4) is 0 Å². The van der Waals surface area contributed by atoms with E-state index < -0.39 is 11.6 Å². The predicted molar refractivity (Wildman–Crippen MR) is 89.7 cm³/mol. The third kappa shape index (κ3) is 3.17. The third-order valence-corrected chi connectivity index (χ3v) is 4.98. The van der Waals surface area contributed by atoms with Gasteiger partial charge >= 0.3 is 6.03 Å². The molecule has 128 valence electrons. The summed E-state index contributed by atoms with van der Waals surface area (Å²) in [7, 11) is 0. The maximum absolute atomic E-state index is 12.1. The van der Waals surface area contributed by atoms with Gasteiger partial charge < -0.3 is 16.0 Å². The van der Waals surface area contributed by atoms with Gasteiger partial charge in [-0.15, -0.1) is 0 Å². The fraction of sp³-hybridized carbons (Fsp3) is 0.438. The quantitative estimate of drug-likeness (QED) is 0.600. The molecule has 2 fully saturated rings. The Morgan fingerprint density at radius 2 is 2.12 bits per heavy atom. The lowest BCUT2D eigenvalue weighted by molar-refractivity contribution is -0.126. The Morgan fingerprint density at radius 3 is 2.83 bits per heavy atom. The molecule has 3 rings (SSSR count). The van der Waals surface area contributed by atoms with Crippen LogP contribution < -0.4 is 21.3 Å². The maximum atomic E-state index is 12.1. The van der Waals surface area contributed by atoms with Gasteiger partial charge in [0, 0.05) is 12.5 Å². The van der Waals surface area contributed by atoms with Crippen molar-refractivity contribution in [2.75, 3.05) is 18.4 Å². The molecule has 0 unspecified atom stereocenters. The van der Waals surface area contributed by atoms with Gasteiger partial charge in [-0.3, -0.25) is 14.9 Å². The monoisotopic (exact) mass is 350 g/mol. The molecular weight excluding hydrogens is 332 g/mol. The minimum absolute atomic E-state index is 0.0853. The Bertz CT molecular complexity index is 681. The molecule has 1 spiro atoms. The molecule has 0 bridgehead atoms. The number of para-hydroxylation sites is 1. The van der Waals surface area contributed by atoms with Crippen LogP contribution in [0.15, 0.2) is 24.3 Å². The van der Waals surface area contributed by atoms with Crippen LogP contribution in [0, 0.1) is 5.92 Å². The molecule has 1 aromatic rings. The molecule has 1 aliphatic heterocycles. The molecule has 8 heteroatoms. The standard InChI is InChI=1S/C16H19ClN4O3/c17-11-5-1-2-6-12(11)18-9-13(22)19-8-10-4-3-7-16(10)14(23)20-15(24)21-16/h1-2,5-6,10,18H,3-4,7-9H2,(H,19,22)(H2,20,21,23,24)/t10-,16-/m1/s1. The third-order valence-electron chi connectivity index (χ3n) is 4.65. The highest BCUT2D eigenvalue weighted by atomic mass is 35.5. The molecule has 4 amide bonds. The molecule has 2 atom stereocenters. The van der Waals surface area contributed by atoms with Crippen molar-refractivity contribution < 1.29 is 14.4 Å². The average molecular weight is 351 g/mol. The van der Waals surface area contributed by atoms with E-state index in [2.05, 4.69) is 21.3 Å². The predicted octanol–water partition coefficient (Wildman–Crippen LogP) is 1.25. The number of anilines is 1. The van der Waals surface area contributed by atoms with E-state index in [-0.39, 0.29) is 24.3 Å². The summed E-state index contributed by atoms with van der Waals surface area (Å²) in [5.74, 6) is -0.589. The van der Waals surface area contributed by atoms with Crippen molar-refractivity contribution in [1.29, 1.82) is 0 Å². The molecular formula is C16H19ClN4O3. The number of imide groups is 1. The summed E-state index contributed by atoms with van der Waals surface area (Å²) in [6, 6.07) is 6.72. The van der Waals surface area contributed by atoms with Gasteiger partial charge in [0.15, 0.2) is 0 Å². The van der Waals surface area contributed by atoms with E-state index in [0.29, 0.717) is 23.7 Å². The number of carbonyl (C=O) groups is 3. The van der Waals surface area contributed by atoms with E-state index in [0.717, 1.165) is 12.8 Å². The first-order chi connectivity index (χ1) is 11.5. The van der Waals surface area contributed by atoms with Crippen LogP contribution in [-0.2, 0) is 9.59 Å². The van der Waals surface area contributed by atoms with E-state index in [1.165, 1.54) is 0 Å². The number of carbonyl (C=O) groups excluding carboxylic acids is 3.